The molecule has 0 saturated carbocycles. The average Bonchev–Trinajstić information content (AvgIpc) is 2.93. The van der Waals surface area contributed by atoms with Gasteiger partial charge in [-0.2, -0.15) is 0 Å². The lowest BCUT2D eigenvalue weighted by Gasteiger charge is -2.18. The normalized spacial score (nSPS) is 11.0. The summed E-state index contributed by atoms with van der Waals surface area (Å²) < 4.78 is 11.5. The zero-order chi connectivity index (χ0) is 30.5. The number of halogens is 2. The SMILES string of the molecule is O=C(O)c1ccc(C(=O)O)c(-c2c3cc(Cl)c(=O)cc-3oc3cc(Oc4ccc([N+](=O)[O-])cc4[N+](=O)[O-])c(Cl)cc23)c1. The number of ether oxygens (including phenoxy) is 1. The van der Waals surface area contributed by atoms with E-state index in [9.17, 15) is 44.8 Å². The highest BCUT2D eigenvalue weighted by atomic mass is 35.5. The molecule has 0 bridgehead atoms. The van der Waals surface area contributed by atoms with Crippen LogP contribution in [0.5, 0.6) is 11.5 Å². The maximum Gasteiger partial charge on any atom is 0.336 e. The Morgan fingerprint density at radius 3 is 2.19 bits per heavy atom. The Hall–Kier alpha value is -5.53. The summed E-state index contributed by atoms with van der Waals surface area (Å²) in [5, 5.41) is 41.9. The molecule has 1 aliphatic carbocycles. The fraction of sp³-hybridized carbons (Fsp3) is 0. The summed E-state index contributed by atoms with van der Waals surface area (Å²) in [6.07, 6.45) is 0. The van der Waals surface area contributed by atoms with Crippen LogP contribution in [0.25, 0.3) is 33.4 Å². The third-order valence-corrected chi connectivity index (χ3v) is 6.75. The van der Waals surface area contributed by atoms with Crippen LogP contribution in [-0.4, -0.2) is 32.0 Å². The largest absolute Gasteiger partial charge is 0.478 e. The number of carbonyl (C=O) groups is 2. The van der Waals surface area contributed by atoms with Crippen LogP contribution in [-0.2, 0) is 0 Å². The number of nitro groups is 2. The molecule has 3 aromatic carbocycles. The predicted octanol–water partition coefficient (Wildman–Crippen LogP) is 6.88. The quantitative estimate of drug-likeness (QED) is 0.110. The first kappa shape index (κ1) is 28.0. The van der Waals surface area contributed by atoms with Crippen molar-refractivity contribution in [3.8, 4) is 33.9 Å². The molecule has 0 aromatic heterocycles. The van der Waals surface area contributed by atoms with Crippen molar-refractivity contribution in [2.24, 2.45) is 0 Å². The molecule has 5 rings (SSSR count). The van der Waals surface area contributed by atoms with E-state index in [-0.39, 0.29) is 66.1 Å². The molecule has 2 aliphatic rings. The lowest BCUT2D eigenvalue weighted by molar-refractivity contribution is -0.394. The van der Waals surface area contributed by atoms with Gasteiger partial charge in [-0.05, 0) is 42.0 Å². The summed E-state index contributed by atoms with van der Waals surface area (Å²) >= 11 is 12.6. The Bertz CT molecular complexity index is 2040. The number of non-ortho nitro benzene ring substituents is 1. The summed E-state index contributed by atoms with van der Waals surface area (Å²) in [5.74, 6) is -3.35. The van der Waals surface area contributed by atoms with Gasteiger partial charge in [-0.25, -0.2) is 9.59 Å². The van der Waals surface area contributed by atoms with Crippen LogP contribution in [0.2, 0.25) is 10.0 Å². The molecule has 13 nitrogen and oxygen atoms in total. The van der Waals surface area contributed by atoms with Gasteiger partial charge in [0.1, 0.15) is 17.1 Å². The maximum atomic E-state index is 12.4. The molecule has 15 heteroatoms. The van der Waals surface area contributed by atoms with Gasteiger partial charge < -0.3 is 19.4 Å². The second-order valence-corrected chi connectivity index (χ2v) is 9.49. The lowest BCUT2D eigenvalue weighted by atomic mass is 9.89. The van der Waals surface area contributed by atoms with E-state index in [0.717, 1.165) is 36.4 Å². The number of nitrogens with zero attached hydrogens (tertiary/aromatic N) is 2. The minimum Gasteiger partial charge on any atom is -0.478 e. The van der Waals surface area contributed by atoms with E-state index in [1.165, 1.54) is 18.2 Å². The number of carboxylic acids is 2. The van der Waals surface area contributed by atoms with Crippen molar-refractivity contribution in [3.63, 3.8) is 0 Å². The fourth-order valence-corrected chi connectivity index (χ4v) is 4.66. The predicted molar refractivity (Wildman–Crippen MR) is 148 cm³/mol. The number of carboxylic acid groups (broad SMARTS) is 2. The number of aromatic carboxylic acids is 2. The molecule has 0 fully saturated rings. The lowest BCUT2D eigenvalue weighted by Crippen LogP contribution is -2.06. The van der Waals surface area contributed by atoms with Crippen molar-refractivity contribution in [1.82, 2.24) is 0 Å². The maximum absolute atomic E-state index is 12.4. The smallest absolute Gasteiger partial charge is 0.336 e. The molecule has 0 saturated heterocycles. The van der Waals surface area contributed by atoms with Crippen LogP contribution in [0.4, 0.5) is 11.4 Å². The number of fused-ring (bicyclic) bond motifs is 2. The molecule has 2 N–H and O–H groups in total. The van der Waals surface area contributed by atoms with Gasteiger partial charge in [0.15, 0.2) is 0 Å². The van der Waals surface area contributed by atoms with E-state index < -0.39 is 38.6 Å². The molecule has 1 aliphatic heterocycles. The third kappa shape index (κ3) is 4.93. The van der Waals surface area contributed by atoms with E-state index in [2.05, 4.69) is 0 Å². The highest BCUT2D eigenvalue weighted by Gasteiger charge is 2.26. The Balaban J connectivity index is 1.82. The van der Waals surface area contributed by atoms with E-state index in [4.69, 9.17) is 32.4 Å². The third-order valence-electron chi connectivity index (χ3n) is 6.16. The molecule has 0 radical (unpaired) electrons. The Kier molecular flexibility index (Phi) is 6.98. The molecular weight excluding hydrogens is 599 g/mol. The van der Waals surface area contributed by atoms with Crippen LogP contribution in [0.3, 0.4) is 0 Å². The molecule has 0 amide bonds. The first-order chi connectivity index (χ1) is 19.8. The summed E-state index contributed by atoms with van der Waals surface area (Å²) in [7, 11) is 0. The molecule has 0 unspecified atom stereocenters. The molecule has 3 aromatic rings. The van der Waals surface area contributed by atoms with E-state index in [1.54, 1.807) is 0 Å². The van der Waals surface area contributed by atoms with Gasteiger partial charge in [0.05, 0.1) is 37.1 Å². The summed E-state index contributed by atoms with van der Waals surface area (Å²) in [5.41, 5.74) is -2.24. The molecule has 0 spiro atoms. The monoisotopic (exact) mass is 610 g/mol. The van der Waals surface area contributed by atoms with Crippen LogP contribution in [0.1, 0.15) is 20.7 Å². The minimum absolute atomic E-state index is 0.0414. The molecule has 210 valence electrons. The Morgan fingerprint density at radius 2 is 1.55 bits per heavy atom. The Morgan fingerprint density at radius 1 is 0.810 bits per heavy atom. The van der Waals surface area contributed by atoms with Crippen LogP contribution in [0, 0.1) is 20.2 Å². The van der Waals surface area contributed by atoms with Crippen LogP contribution >= 0.6 is 23.2 Å². The second kappa shape index (κ2) is 10.5. The molecule has 1 heterocycles. The van der Waals surface area contributed by atoms with E-state index in [0.29, 0.717) is 6.07 Å². The number of hydrogen-bond acceptors (Lipinski definition) is 9. The average molecular weight is 611 g/mol. The van der Waals surface area contributed by atoms with Gasteiger partial charge in [-0.1, -0.05) is 23.2 Å². The van der Waals surface area contributed by atoms with Crippen molar-refractivity contribution >= 4 is 57.5 Å². The summed E-state index contributed by atoms with van der Waals surface area (Å²) in [6, 6.07) is 10.9. The number of hydrogen-bond donors (Lipinski definition) is 2. The summed E-state index contributed by atoms with van der Waals surface area (Å²) in [6.45, 7) is 0. The van der Waals surface area contributed by atoms with Gasteiger partial charge in [0.2, 0.25) is 11.2 Å². The minimum atomic E-state index is -1.38. The van der Waals surface area contributed by atoms with E-state index >= 15 is 0 Å². The van der Waals surface area contributed by atoms with Gasteiger partial charge >= 0.3 is 17.6 Å². The van der Waals surface area contributed by atoms with Crippen molar-refractivity contribution in [1.29, 1.82) is 0 Å². The van der Waals surface area contributed by atoms with E-state index in [1.807, 2.05) is 0 Å². The van der Waals surface area contributed by atoms with Crippen molar-refractivity contribution in [3.05, 3.63) is 112 Å². The zero-order valence-electron chi connectivity index (χ0n) is 20.5. The molecule has 0 atom stereocenters. The number of rotatable bonds is 7. The number of benzene rings is 4. The first-order valence-electron chi connectivity index (χ1n) is 11.5. The zero-order valence-corrected chi connectivity index (χ0v) is 22.0. The number of nitro benzene ring substituents is 2. The fourth-order valence-electron chi connectivity index (χ4n) is 4.30. The Labute approximate surface area is 242 Å². The van der Waals surface area contributed by atoms with Crippen LogP contribution in [0.15, 0.2) is 69.9 Å². The van der Waals surface area contributed by atoms with Gasteiger partial charge in [-0.15, -0.1) is 0 Å². The molecule has 42 heavy (non-hydrogen) atoms. The highest BCUT2D eigenvalue weighted by Crippen LogP contribution is 2.46. The standard InChI is InChI=1S/C27H12Cl2N2O11/c28-17-7-15-22(9-20(17)32)42-23-10-24(41-21-4-2-12(30(37)38)6-19(21)31(39)40)18(29)8-16(23)25(15)14-5-11(26(33)34)1-3-13(14)27(35)36/h1-10H,(H,33,34)(H,35,36). The first-order valence-corrected chi connectivity index (χ1v) is 12.2. The van der Waals surface area contributed by atoms with Crippen molar-refractivity contribution in [2.75, 3.05) is 0 Å². The summed E-state index contributed by atoms with van der Waals surface area (Å²) in [4.78, 5) is 57.2. The van der Waals surface area contributed by atoms with Crippen molar-refractivity contribution < 1.29 is 38.8 Å². The highest BCUT2D eigenvalue weighted by molar-refractivity contribution is 6.33. The second-order valence-electron chi connectivity index (χ2n) is 8.67. The van der Waals surface area contributed by atoms with Gasteiger partial charge in [-0.3, -0.25) is 25.0 Å². The van der Waals surface area contributed by atoms with Gasteiger partial charge in [0, 0.05) is 34.7 Å². The topological polar surface area (TPSA) is 200 Å². The van der Waals surface area contributed by atoms with Crippen molar-refractivity contribution in [2.45, 2.75) is 0 Å². The van der Waals surface area contributed by atoms with Gasteiger partial charge in [0.25, 0.3) is 5.69 Å². The molecular formula is C27H12Cl2N2O11. The van der Waals surface area contributed by atoms with Crippen LogP contribution < -0.4 is 10.2 Å².